The van der Waals surface area contributed by atoms with Crippen molar-refractivity contribution in [1.82, 2.24) is 5.32 Å². The molecule has 2 amide bonds. The van der Waals surface area contributed by atoms with Crippen molar-refractivity contribution >= 4 is 45.2 Å². The first-order valence-corrected chi connectivity index (χ1v) is 11.8. The van der Waals surface area contributed by atoms with Crippen molar-refractivity contribution in [3.05, 3.63) is 88.9 Å². The second-order valence-corrected chi connectivity index (χ2v) is 8.56. The Morgan fingerprint density at radius 3 is 2.20 bits per heavy atom. The lowest BCUT2D eigenvalue weighted by molar-refractivity contribution is -0.118. The lowest BCUT2D eigenvalue weighted by atomic mass is 10.1. The van der Waals surface area contributed by atoms with Crippen molar-refractivity contribution in [2.24, 2.45) is 0 Å². The van der Waals surface area contributed by atoms with Crippen molar-refractivity contribution in [3.8, 4) is 11.1 Å². The van der Waals surface area contributed by atoms with Crippen molar-refractivity contribution in [3.63, 3.8) is 0 Å². The van der Waals surface area contributed by atoms with Gasteiger partial charge in [-0.3, -0.25) is 9.59 Å². The Morgan fingerprint density at radius 2 is 1.53 bits per heavy atom. The summed E-state index contributed by atoms with van der Waals surface area (Å²) in [5.74, 6) is 0.265. The van der Waals surface area contributed by atoms with Crippen LogP contribution in [0.1, 0.15) is 16.8 Å². The zero-order valence-corrected chi connectivity index (χ0v) is 19.0. The predicted molar refractivity (Wildman–Crippen MR) is 129 cm³/mol. The fraction of sp³-hybridized carbons (Fsp3) is 0.167. The molecule has 0 bridgehead atoms. The number of carbonyl (C=O) groups is 2. The predicted octanol–water partition coefficient (Wildman–Crippen LogP) is 5.61. The Kier molecular flexibility index (Phi) is 8.11. The molecule has 0 aliphatic heterocycles. The van der Waals surface area contributed by atoms with Crippen LogP contribution in [0.3, 0.4) is 0 Å². The third-order valence-electron chi connectivity index (χ3n) is 4.61. The molecule has 0 aromatic heterocycles. The zero-order valence-electron chi connectivity index (χ0n) is 16.6. The number of carbonyl (C=O) groups excluding carboxylic acids is 2. The van der Waals surface area contributed by atoms with Gasteiger partial charge in [-0.05, 0) is 69.8 Å². The molecule has 1 atom stereocenters. The summed E-state index contributed by atoms with van der Waals surface area (Å²) < 4.78 is 0.697. The number of halogens is 1. The summed E-state index contributed by atoms with van der Waals surface area (Å²) in [5, 5.41) is 5.80. The van der Waals surface area contributed by atoms with E-state index in [-0.39, 0.29) is 11.8 Å². The van der Waals surface area contributed by atoms with Gasteiger partial charge in [-0.25, -0.2) is 0 Å². The topological polar surface area (TPSA) is 58.2 Å². The second-order valence-electron chi connectivity index (χ2n) is 6.72. The molecule has 3 rings (SSSR count). The van der Waals surface area contributed by atoms with Gasteiger partial charge < -0.3 is 10.6 Å². The van der Waals surface area contributed by atoms with E-state index in [4.69, 9.17) is 0 Å². The van der Waals surface area contributed by atoms with Gasteiger partial charge in [-0.1, -0.05) is 54.6 Å². The molecule has 154 valence electrons. The molecule has 0 heterocycles. The summed E-state index contributed by atoms with van der Waals surface area (Å²) >= 11 is 5.03. The first kappa shape index (κ1) is 22.1. The minimum absolute atomic E-state index is 0.225. The van der Waals surface area contributed by atoms with E-state index in [0.717, 1.165) is 16.9 Å². The molecule has 0 unspecified atom stereocenters. The van der Waals surface area contributed by atoms with E-state index < -0.39 is 6.04 Å². The highest BCUT2D eigenvalue weighted by molar-refractivity contribution is 9.10. The summed E-state index contributed by atoms with van der Waals surface area (Å²) in [5.41, 5.74) is 3.40. The molecule has 4 nitrogen and oxygen atoms in total. The minimum Gasteiger partial charge on any atom is -0.340 e. The Morgan fingerprint density at radius 1 is 0.900 bits per heavy atom. The molecule has 0 aliphatic carbocycles. The first-order valence-electron chi connectivity index (χ1n) is 9.59. The number of rotatable bonds is 8. The van der Waals surface area contributed by atoms with Gasteiger partial charge in [0.25, 0.3) is 5.91 Å². The smallest absolute Gasteiger partial charge is 0.253 e. The zero-order chi connectivity index (χ0) is 21.3. The van der Waals surface area contributed by atoms with Crippen molar-refractivity contribution < 1.29 is 9.59 Å². The van der Waals surface area contributed by atoms with Gasteiger partial charge in [-0.2, -0.15) is 11.8 Å². The van der Waals surface area contributed by atoms with Gasteiger partial charge in [0, 0.05) is 10.2 Å². The van der Waals surface area contributed by atoms with Gasteiger partial charge >= 0.3 is 0 Å². The van der Waals surface area contributed by atoms with Crippen LogP contribution < -0.4 is 10.6 Å². The van der Waals surface area contributed by atoms with Gasteiger partial charge in [-0.15, -0.1) is 0 Å². The summed E-state index contributed by atoms with van der Waals surface area (Å²) in [6.45, 7) is 0. The molecule has 6 heteroatoms. The van der Waals surface area contributed by atoms with E-state index >= 15 is 0 Å². The first-order chi connectivity index (χ1) is 14.6. The molecule has 0 saturated heterocycles. The van der Waals surface area contributed by atoms with Crippen LogP contribution in [0.15, 0.2) is 83.3 Å². The fourth-order valence-corrected chi connectivity index (χ4v) is 3.93. The highest BCUT2D eigenvalue weighted by Crippen LogP contribution is 2.21. The average Bonchev–Trinajstić information content (AvgIpc) is 2.78. The maximum Gasteiger partial charge on any atom is 0.253 e. The number of anilines is 1. The summed E-state index contributed by atoms with van der Waals surface area (Å²) in [6.07, 6.45) is 2.53. The molecule has 30 heavy (non-hydrogen) atoms. The number of thioether (sulfide) groups is 1. The minimum atomic E-state index is -0.620. The molecule has 3 aromatic rings. The Bertz CT molecular complexity index is 994. The molecular formula is C24H23BrN2O2S. The van der Waals surface area contributed by atoms with Gasteiger partial charge in [0.05, 0.1) is 5.56 Å². The molecular weight excluding hydrogens is 460 g/mol. The van der Waals surface area contributed by atoms with Crippen LogP contribution in [0.5, 0.6) is 0 Å². The SMILES string of the molecule is CSCC[C@H](NC(=O)c1ccccc1Br)C(=O)Nc1ccc(-c2ccccc2)cc1. The van der Waals surface area contributed by atoms with E-state index in [9.17, 15) is 9.59 Å². The van der Waals surface area contributed by atoms with E-state index in [2.05, 4.69) is 26.6 Å². The third kappa shape index (κ3) is 5.97. The number of hydrogen-bond acceptors (Lipinski definition) is 3. The lowest BCUT2D eigenvalue weighted by Gasteiger charge is -2.19. The number of benzene rings is 3. The van der Waals surface area contributed by atoms with Crippen LogP contribution in [0.4, 0.5) is 5.69 Å². The molecule has 0 aliphatic rings. The van der Waals surface area contributed by atoms with Gasteiger partial charge in [0.1, 0.15) is 6.04 Å². The molecule has 0 spiro atoms. The quantitative estimate of drug-likeness (QED) is 0.438. The highest BCUT2D eigenvalue weighted by Gasteiger charge is 2.22. The number of nitrogens with one attached hydrogen (secondary N) is 2. The fourth-order valence-electron chi connectivity index (χ4n) is 2.99. The van der Waals surface area contributed by atoms with Crippen LogP contribution in [-0.4, -0.2) is 29.9 Å². The molecule has 0 fully saturated rings. The third-order valence-corrected chi connectivity index (χ3v) is 5.95. The highest BCUT2D eigenvalue weighted by atomic mass is 79.9. The maximum absolute atomic E-state index is 12.9. The van der Waals surface area contributed by atoms with E-state index in [1.54, 1.807) is 30.0 Å². The van der Waals surface area contributed by atoms with Gasteiger partial charge in [0.2, 0.25) is 5.91 Å². The number of hydrogen-bond donors (Lipinski definition) is 2. The van der Waals surface area contributed by atoms with Crippen LogP contribution in [-0.2, 0) is 4.79 Å². The standard InChI is InChI=1S/C24H23BrN2O2S/c1-30-16-15-22(27-23(28)20-9-5-6-10-21(20)25)24(29)26-19-13-11-18(12-14-19)17-7-3-2-4-8-17/h2-14,22H,15-16H2,1H3,(H,26,29)(H,27,28)/t22-/m0/s1. The van der Waals surface area contributed by atoms with Gasteiger partial charge in [0.15, 0.2) is 0 Å². The van der Waals surface area contributed by atoms with Crippen LogP contribution >= 0.6 is 27.7 Å². The van der Waals surface area contributed by atoms with Crippen molar-refractivity contribution in [1.29, 1.82) is 0 Å². The largest absolute Gasteiger partial charge is 0.340 e. The normalized spacial score (nSPS) is 11.5. The Balaban J connectivity index is 1.69. The van der Waals surface area contributed by atoms with Crippen molar-refractivity contribution in [2.45, 2.75) is 12.5 Å². The van der Waals surface area contributed by atoms with Crippen LogP contribution in [0, 0.1) is 0 Å². The Labute approximate surface area is 189 Å². The molecule has 2 N–H and O–H groups in total. The van der Waals surface area contributed by atoms with E-state index in [1.165, 1.54) is 0 Å². The Hall–Kier alpha value is -2.57. The summed E-state index contributed by atoms with van der Waals surface area (Å²) in [6, 6.07) is 24.3. The lowest BCUT2D eigenvalue weighted by Crippen LogP contribution is -2.44. The molecule has 0 radical (unpaired) electrons. The summed E-state index contributed by atoms with van der Waals surface area (Å²) in [7, 11) is 0. The van der Waals surface area contributed by atoms with Crippen LogP contribution in [0.25, 0.3) is 11.1 Å². The molecule has 0 saturated carbocycles. The molecule has 3 aromatic carbocycles. The second kappa shape index (κ2) is 11.0. The number of amides is 2. The maximum atomic E-state index is 12.9. The van der Waals surface area contributed by atoms with E-state index in [1.807, 2.05) is 66.9 Å². The van der Waals surface area contributed by atoms with E-state index in [0.29, 0.717) is 22.1 Å². The average molecular weight is 483 g/mol. The summed E-state index contributed by atoms with van der Waals surface area (Å²) in [4.78, 5) is 25.5. The monoisotopic (exact) mass is 482 g/mol. The van der Waals surface area contributed by atoms with Crippen molar-refractivity contribution in [2.75, 3.05) is 17.3 Å². The van der Waals surface area contributed by atoms with Crippen LogP contribution in [0.2, 0.25) is 0 Å².